The summed E-state index contributed by atoms with van der Waals surface area (Å²) in [6.45, 7) is 15.0. The van der Waals surface area contributed by atoms with Gasteiger partial charge in [-0.05, 0) is 32.6 Å². The van der Waals surface area contributed by atoms with E-state index in [0.717, 1.165) is 6.54 Å². The van der Waals surface area contributed by atoms with Crippen LogP contribution in [0.2, 0.25) is 0 Å². The van der Waals surface area contributed by atoms with Crippen molar-refractivity contribution in [1.29, 1.82) is 0 Å². The molecular formula is C13H25N. The minimum Gasteiger partial charge on any atom is -0.294 e. The van der Waals surface area contributed by atoms with Crippen LogP contribution in [-0.4, -0.2) is 23.5 Å². The fourth-order valence-corrected chi connectivity index (χ4v) is 2.25. The molecule has 0 aliphatic carbocycles. The smallest absolute Gasteiger partial charge is 0.0171 e. The summed E-state index contributed by atoms with van der Waals surface area (Å²) in [5.41, 5.74) is 1.99. The van der Waals surface area contributed by atoms with Crippen molar-refractivity contribution in [2.75, 3.05) is 6.54 Å². The largest absolute Gasteiger partial charge is 0.294 e. The van der Waals surface area contributed by atoms with Gasteiger partial charge >= 0.3 is 0 Å². The van der Waals surface area contributed by atoms with Gasteiger partial charge in [0.25, 0.3) is 0 Å². The normalized spacial score (nSPS) is 25.4. The van der Waals surface area contributed by atoms with Crippen LogP contribution in [0.15, 0.2) is 11.6 Å². The molecule has 0 amide bonds. The van der Waals surface area contributed by atoms with E-state index in [9.17, 15) is 0 Å². The highest BCUT2D eigenvalue weighted by atomic mass is 15.2. The zero-order valence-corrected chi connectivity index (χ0v) is 10.6. The first-order valence-corrected chi connectivity index (χ1v) is 5.77. The van der Waals surface area contributed by atoms with Crippen LogP contribution in [0.4, 0.5) is 0 Å². The van der Waals surface area contributed by atoms with Gasteiger partial charge in [-0.3, -0.25) is 4.90 Å². The summed E-state index contributed by atoms with van der Waals surface area (Å²) in [6.07, 6.45) is 3.67. The summed E-state index contributed by atoms with van der Waals surface area (Å²) in [4.78, 5) is 2.56. The number of nitrogens with zero attached hydrogens (tertiary/aromatic N) is 1. The third-order valence-electron chi connectivity index (χ3n) is 3.26. The van der Waals surface area contributed by atoms with E-state index >= 15 is 0 Å². The van der Waals surface area contributed by atoms with Crippen LogP contribution in [-0.2, 0) is 0 Å². The fourth-order valence-electron chi connectivity index (χ4n) is 2.25. The van der Waals surface area contributed by atoms with E-state index in [1.54, 1.807) is 5.57 Å². The first-order chi connectivity index (χ1) is 6.32. The summed E-state index contributed by atoms with van der Waals surface area (Å²) in [5, 5.41) is 0. The lowest BCUT2D eigenvalue weighted by molar-refractivity contribution is 0.165. The second-order valence-electron chi connectivity index (χ2n) is 5.82. The van der Waals surface area contributed by atoms with Crippen molar-refractivity contribution in [3.05, 3.63) is 11.6 Å². The Morgan fingerprint density at radius 1 is 1.36 bits per heavy atom. The zero-order valence-electron chi connectivity index (χ0n) is 10.6. The van der Waals surface area contributed by atoms with E-state index in [1.165, 1.54) is 6.42 Å². The second kappa shape index (κ2) is 4.06. The molecule has 0 saturated heterocycles. The van der Waals surface area contributed by atoms with Crippen LogP contribution in [0, 0.1) is 5.41 Å². The molecule has 1 atom stereocenters. The van der Waals surface area contributed by atoms with Crippen molar-refractivity contribution in [2.24, 2.45) is 5.41 Å². The highest BCUT2D eigenvalue weighted by Crippen LogP contribution is 2.33. The van der Waals surface area contributed by atoms with Gasteiger partial charge < -0.3 is 0 Å². The van der Waals surface area contributed by atoms with Crippen LogP contribution in [0.3, 0.4) is 0 Å². The van der Waals surface area contributed by atoms with E-state index in [2.05, 4.69) is 52.5 Å². The van der Waals surface area contributed by atoms with Gasteiger partial charge in [0, 0.05) is 18.6 Å². The molecule has 82 valence electrons. The molecule has 14 heavy (non-hydrogen) atoms. The number of hydrogen-bond acceptors (Lipinski definition) is 1. The Bertz CT molecular complexity index is 220. The van der Waals surface area contributed by atoms with Gasteiger partial charge in [-0.15, -0.1) is 0 Å². The SMILES string of the molecule is CC(C)N1CC=C(C(C)(C)C)C[C@@H]1C. The highest BCUT2D eigenvalue weighted by molar-refractivity contribution is 5.16. The summed E-state index contributed by atoms with van der Waals surface area (Å²) >= 11 is 0. The Labute approximate surface area is 89.2 Å². The molecule has 1 nitrogen and oxygen atoms in total. The van der Waals surface area contributed by atoms with Gasteiger partial charge in [-0.25, -0.2) is 0 Å². The quantitative estimate of drug-likeness (QED) is 0.579. The summed E-state index contributed by atoms with van der Waals surface area (Å²) in [5.74, 6) is 0. The Balaban J connectivity index is 2.73. The lowest BCUT2D eigenvalue weighted by atomic mass is 9.80. The molecule has 1 aliphatic heterocycles. The Morgan fingerprint density at radius 3 is 2.29 bits per heavy atom. The molecule has 0 saturated carbocycles. The monoisotopic (exact) mass is 195 g/mol. The highest BCUT2D eigenvalue weighted by Gasteiger charge is 2.26. The Kier molecular flexibility index (Phi) is 3.41. The summed E-state index contributed by atoms with van der Waals surface area (Å²) < 4.78 is 0. The van der Waals surface area contributed by atoms with Crippen LogP contribution in [0.25, 0.3) is 0 Å². The van der Waals surface area contributed by atoms with Gasteiger partial charge in [0.1, 0.15) is 0 Å². The van der Waals surface area contributed by atoms with Gasteiger partial charge in [-0.2, -0.15) is 0 Å². The van der Waals surface area contributed by atoms with Gasteiger partial charge in [0.05, 0.1) is 0 Å². The lowest BCUT2D eigenvalue weighted by Gasteiger charge is -2.39. The van der Waals surface area contributed by atoms with E-state index in [1.807, 2.05) is 0 Å². The zero-order chi connectivity index (χ0) is 10.9. The van der Waals surface area contributed by atoms with Gasteiger partial charge in [-0.1, -0.05) is 32.4 Å². The van der Waals surface area contributed by atoms with E-state index < -0.39 is 0 Å². The molecule has 0 bridgehead atoms. The molecule has 0 aromatic heterocycles. The molecule has 0 unspecified atom stereocenters. The first kappa shape index (κ1) is 11.8. The molecule has 0 aromatic rings. The minimum absolute atomic E-state index is 0.358. The predicted octanol–water partition coefficient (Wildman–Crippen LogP) is 3.46. The second-order valence-corrected chi connectivity index (χ2v) is 5.82. The predicted molar refractivity (Wildman–Crippen MR) is 63.5 cm³/mol. The molecule has 0 radical (unpaired) electrons. The molecule has 1 rings (SSSR count). The van der Waals surface area contributed by atoms with Crippen molar-refractivity contribution in [1.82, 2.24) is 4.90 Å². The molecular weight excluding hydrogens is 170 g/mol. The van der Waals surface area contributed by atoms with E-state index in [-0.39, 0.29) is 0 Å². The molecule has 0 spiro atoms. The van der Waals surface area contributed by atoms with Crippen LogP contribution < -0.4 is 0 Å². The maximum absolute atomic E-state index is 2.56. The average molecular weight is 195 g/mol. The Morgan fingerprint density at radius 2 is 1.93 bits per heavy atom. The molecule has 1 heteroatoms. The van der Waals surface area contributed by atoms with Crippen molar-refractivity contribution in [3.63, 3.8) is 0 Å². The molecule has 0 N–H and O–H groups in total. The first-order valence-electron chi connectivity index (χ1n) is 5.77. The summed E-state index contributed by atoms with van der Waals surface area (Å²) in [6, 6.07) is 1.37. The molecule has 0 fully saturated rings. The van der Waals surface area contributed by atoms with Crippen LogP contribution >= 0.6 is 0 Å². The van der Waals surface area contributed by atoms with Crippen LogP contribution in [0.1, 0.15) is 48.0 Å². The Hall–Kier alpha value is -0.300. The van der Waals surface area contributed by atoms with Gasteiger partial charge in [0.2, 0.25) is 0 Å². The third kappa shape index (κ3) is 2.60. The van der Waals surface area contributed by atoms with E-state index in [0.29, 0.717) is 17.5 Å². The molecule has 0 aromatic carbocycles. The average Bonchev–Trinajstić information content (AvgIpc) is 2.01. The van der Waals surface area contributed by atoms with Crippen molar-refractivity contribution < 1.29 is 0 Å². The van der Waals surface area contributed by atoms with E-state index in [4.69, 9.17) is 0 Å². The van der Waals surface area contributed by atoms with Crippen LogP contribution in [0.5, 0.6) is 0 Å². The van der Waals surface area contributed by atoms with Crippen molar-refractivity contribution in [3.8, 4) is 0 Å². The van der Waals surface area contributed by atoms with Crippen molar-refractivity contribution >= 4 is 0 Å². The number of rotatable bonds is 1. The fraction of sp³-hybridized carbons (Fsp3) is 0.846. The minimum atomic E-state index is 0.358. The topological polar surface area (TPSA) is 3.24 Å². The number of hydrogen-bond donors (Lipinski definition) is 0. The van der Waals surface area contributed by atoms with Crippen molar-refractivity contribution in [2.45, 2.75) is 60.0 Å². The molecule has 1 heterocycles. The van der Waals surface area contributed by atoms with Gasteiger partial charge in [0.15, 0.2) is 0 Å². The maximum atomic E-state index is 2.56. The molecule has 1 aliphatic rings. The standard InChI is InChI=1S/C13H25N/c1-10(2)14-8-7-12(9-11(14)3)13(4,5)6/h7,10-11H,8-9H2,1-6H3/t11-/m0/s1. The summed E-state index contributed by atoms with van der Waals surface area (Å²) in [7, 11) is 0. The third-order valence-corrected chi connectivity index (χ3v) is 3.26. The maximum Gasteiger partial charge on any atom is 0.0171 e. The lowest BCUT2D eigenvalue weighted by Crippen LogP contribution is -2.42.